The average molecular weight is 370 g/mol. The van der Waals surface area contributed by atoms with Crippen LogP contribution in [0, 0.1) is 5.92 Å². The smallest absolute Gasteiger partial charge is 0.407 e. The lowest BCUT2D eigenvalue weighted by Crippen LogP contribution is -2.37. The van der Waals surface area contributed by atoms with Crippen LogP contribution < -0.4 is 5.73 Å². The summed E-state index contributed by atoms with van der Waals surface area (Å²) < 4.78 is 0. The molecule has 1 saturated heterocycles. The second-order valence-electron chi connectivity index (χ2n) is 6.65. The number of aryl methyl sites for hydroxylation is 1. The number of aromatic hydroxyl groups is 1. The van der Waals surface area contributed by atoms with Crippen molar-refractivity contribution in [1.29, 1.82) is 0 Å². The second kappa shape index (κ2) is 10.2. The van der Waals surface area contributed by atoms with Gasteiger partial charge in [-0.25, -0.2) is 4.79 Å². The number of likely N-dealkylation sites (tertiary alicyclic amines) is 1. The molecule has 4 N–H and O–H groups in total. The minimum atomic E-state index is -0.772. The van der Waals surface area contributed by atoms with Crippen LogP contribution in [0.4, 0.5) is 4.79 Å². The average Bonchev–Trinajstić information content (AvgIpc) is 2.68. The molecule has 0 aromatic heterocycles. The summed E-state index contributed by atoms with van der Waals surface area (Å²) in [5, 5.41) is 17.6. The molecule has 1 fully saturated rings. The first-order valence-corrected chi connectivity index (χ1v) is 9.06. The van der Waals surface area contributed by atoms with E-state index in [0.717, 1.165) is 19.3 Å². The number of nitrogens with two attached hydrogens (primary N) is 1. The quantitative estimate of drug-likeness (QED) is 0.766. The van der Waals surface area contributed by atoms with E-state index < -0.39 is 12.0 Å². The van der Waals surface area contributed by atoms with Gasteiger partial charge in [-0.1, -0.05) is 30.3 Å². The highest BCUT2D eigenvalue weighted by Crippen LogP contribution is 2.22. The normalized spacial score (nSPS) is 14.1. The first kappa shape index (κ1) is 20.3. The molecular weight excluding hydrogens is 344 g/mol. The SMILES string of the molecule is NC(=O)c1ccc(O)cc1.O=C(O)N1CCC(CCc2ccccc2)CC1. The molecule has 0 atom stereocenters. The van der Waals surface area contributed by atoms with Crippen LogP contribution in [0.5, 0.6) is 5.75 Å². The second-order valence-corrected chi connectivity index (χ2v) is 6.65. The molecule has 1 aliphatic rings. The number of nitrogens with zero attached hydrogens (tertiary/aromatic N) is 1. The third kappa shape index (κ3) is 7.01. The summed E-state index contributed by atoms with van der Waals surface area (Å²) >= 11 is 0. The molecule has 6 nitrogen and oxygen atoms in total. The summed E-state index contributed by atoms with van der Waals surface area (Å²) in [5.74, 6) is 0.329. The van der Waals surface area contributed by atoms with Gasteiger partial charge in [0.2, 0.25) is 5.91 Å². The molecular formula is C21H26N2O4. The van der Waals surface area contributed by atoms with Crippen molar-refractivity contribution < 1.29 is 19.8 Å². The molecule has 0 spiro atoms. The van der Waals surface area contributed by atoms with Gasteiger partial charge in [0.15, 0.2) is 0 Å². The van der Waals surface area contributed by atoms with Crippen LogP contribution in [-0.2, 0) is 6.42 Å². The number of phenolic OH excluding ortho intramolecular Hbond substituents is 1. The van der Waals surface area contributed by atoms with Crippen molar-refractivity contribution in [3.8, 4) is 5.75 Å². The molecule has 144 valence electrons. The molecule has 6 heteroatoms. The van der Waals surface area contributed by atoms with Crippen molar-refractivity contribution in [3.63, 3.8) is 0 Å². The molecule has 0 radical (unpaired) electrons. The van der Waals surface area contributed by atoms with Crippen molar-refractivity contribution in [2.24, 2.45) is 11.7 Å². The van der Waals surface area contributed by atoms with E-state index in [1.54, 1.807) is 0 Å². The van der Waals surface area contributed by atoms with Gasteiger partial charge >= 0.3 is 6.09 Å². The van der Waals surface area contributed by atoms with E-state index in [9.17, 15) is 9.59 Å². The van der Waals surface area contributed by atoms with Crippen molar-refractivity contribution in [2.75, 3.05) is 13.1 Å². The van der Waals surface area contributed by atoms with Gasteiger partial charge in [-0.15, -0.1) is 0 Å². The van der Waals surface area contributed by atoms with E-state index in [2.05, 4.69) is 24.3 Å². The Morgan fingerprint density at radius 1 is 1.00 bits per heavy atom. The Hall–Kier alpha value is -3.02. The topological polar surface area (TPSA) is 104 Å². The predicted octanol–water partition coefficient (Wildman–Crippen LogP) is 3.50. The van der Waals surface area contributed by atoms with E-state index in [-0.39, 0.29) is 5.75 Å². The maximum absolute atomic E-state index is 10.8. The zero-order valence-electron chi connectivity index (χ0n) is 15.3. The highest BCUT2D eigenvalue weighted by molar-refractivity contribution is 5.92. The third-order valence-corrected chi connectivity index (χ3v) is 4.72. The lowest BCUT2D eigenvalue weighted by Gasteiger charge is -2.29. The lowest BCUT2D eigenvalue weighted by atomic mass is 9.91. The molecule has 27 heavy (non-hydrogen) atoms. The fourth-order valence-corrected chi connectivity index (χ4v) is 3.05. The molecule has 1 aliphatic heterocycles. The van der Waals surface area contributed by atoms with Gasteiger partial charge in [0.05, 0.1) is 0 Å². The number of rotatable bonds is 4. The summed E-state index contributed by atoms with van der Waals surface area (Å²) in [6, 6.07) is 16.3. The first-order valence-electron chi connectivity index (χ1n) is 9.06. The maximum atomic E-state index is 10.8. The zero-order valence-corrected chi connectivity index (χ0v) is 15.3. The van der Waals surface area contributed by atoms with Crippen LogP contribution in [0.3, 0.4) is 0 Å². The maximum Gasteiger partial charge on any atom is 0.407 e. The number of carbonyl (C=O) groups is 2. The van der Waals surface area contributed by atoms with Crippen LogP contribution in [0.1, 0.15) is 35.2 Å². The number of hydrogen-bond donors (Lipinski definition) is 3. The monoisotopic (exact) mass is 370 g/mol. The highest BCUT2D eigenvalue weighted by atomic mass is 16.4. The molecule has 2 aromatic rings. The van der Waals surface area contributed by atoms with Crippen molar-refractivity contribution in [2.45, 2.75) is 25.7 Å². The van der Waals surface area contributed by atoms with E-state index in [1.807, 2.05) is 6.07 Å². The van der Waals surface area contributed by atoms with E-state index >= 15 is 0 Å². The molecule has 3 rings (SSSR count). The Kier molecular flexibility index (Phi) is 7.67. The molecule has 0 aliphatic carbocycles. The fourth-order valence-electron chi connectivity index (χ4n) is 3.05. The van der Waals surface area contributed by atoms with Crippen molar-refractivity contribution in [3.05, 3.63) is 65.7 Å². The minimum Gasteiger partial charge on any atom is -0.508 e. The Bertz CT molecular complexity index is 724. The van der Waals surface area contributed by atoms with Crippen molar-refractivity contribution in [1.82, 2.24) is 4.90 Å². The number of hydrogen-bond acceptors (Lipinski definition) is 3. The molecule has 2 amide bonds. The summed E-state index contributed by atoms with van der Waals surface area (Å²) in [6.07, 6.45) is 3.54. The van der Waals surface area contributed by atoms with Gasteiger partial charge in [0, 0.05) is 18.7 Å². The largest absolute Gasteiger partial charge is 0.508 e. The number of carbonyl (C=O) groups excluding carboxylic acids is 1. The number of benzene rings is 2. The van der Waals surface area contributed by atoms with Crippen LogP contribution >= 0.6 is 0 Å². The fraction of sp³-hybridized carbons (Fsp3) is 0.333. The summed E-state index contributed by atoms with van der Waals surface area (Å²) in [7, 11) is 0. The molecule has 1 heterocycles. The lowest BCUT2D eigenvalue weighted by molar-refractivity contribution is 0.1000. The molecule has 0 bridgehead atoms. The van der Waals surface area contributed by atoms with Gasteiger partial charge < -0.3 is 20.8 Å². The van der Waals surface area contributed by atoms with Crippen LogP contribution in [-0.4, -0.2) is 40.2 Å². The van der Waals surface area contributed by atoms with Crippen molar-refractivity contribution >= 4 is 12.0 Å². The Labute approximate surface area is 159 Å². The molecule has 0 saturated carbocycles. The molecule has 0 unspecified atom stereocenters. The summed E-state index contributed by atoms with van der Waals surface area (Å²) in [6.45, 7) is 1.41. The summed E-state index contributed by atoms with van der Waals surface area (Å²) in [4.78, 5) is 22.7. The van der Waals surface area contributed by atoms with Crippen LogP contribution in [0.25, 0.3) is 0 Å². The number of piperidine rings is 1. The van der Waals surface area contributed by atoms with Gasteiger partial charge in [0.25, 0.3) is 0 Å². The van der Waals surface area contributed by atoms with E-state index in [4.69, 9.17) is 15.9 Å². The third-order valence-electron chi connectivity index (χ3n) is 4.72. The Balaban J connectivity index is 0.000000223. The van der Waals surface area contributed by atoms with Crippen LogP contribution in [0.15, 0.2) is 54.6 Å². The Morgan fingerprint density at radius 2 is 1.59 bits per heavy atom. The van der Waals surface area contributed by atoms with Crippen LogP contribution in [0.2, 0.25) is 0 Å². The minimum absolute atomic E-state index is 0.130. The number of phenols is 1. The Morgan fingerprint density at radius 3 is 2.11 bits per heavy atom. The van der Waals surface area contributed by atoms with Gasteiger partial charge in [-0.3, -0.25) is 4.79 Å². The highest BCUT2D eigenvalue weighted by Gasteiger charge is 2.21. The number of primary amides is 1. The van der Waals surface area contributed by atoms with E-state index in [0.29, 0.717) is 24.6 Å². The standard InChI is InChI=1S/C14H19NO2.C7H7NO2/c16-14(17)15-10-8-13(9-11-15)7-6-12-4-2-1-3-5-12;8-7(10)5-1-3-6(9)4-2-5/h1-5,13H,6-11H2,(H,16,17);1-4,9H,(H2,8,10). The van der Waals surface area contributed by atoms with Gasteiger partial charge in [-0.2, -0.15) is 0 Å². The van der Waals surface area contributed by atoms with Gasteiger partial charge in [0.1, 0.15) is 5.75 Å². The molecule has 2 aromatic carbocycles. The summed E-state index contributed by atoms with van der Waals surface area (Å²) in [5.41, 5.74) is 6.73. The predicted molar refractivity (Wildman–Crippen MR) is 104 cm³/mol. The van der Waals surface area contributed by atoms with E-state index in [1.165, 1.54) is 41.1 Å². The zero-order chi connectivity index (χ0) is 19.6. The van der Waals surface area contributed by atoms with Gasteiger partial charge in [-0.05, 0) is 61.4 Å². The number of carboxylic acid groups (broad SMARTS) is 1. The first-order chi connectivity index (χ1) is 13.0. The number of amides is 2.